The van der Waals surface area contributed by atoms with Gasteiger partial charge in [0, 0.05) is 24.5 Å². The van der Waals surface area contributed by atoms with Crippen LogP contribution in [-0.2, 0) is 4.79 Å². The van der Waals surface area contributed by atoms with Crippen molar-refractivity contribution in [3.63, 3.8) is 0 Å². The highest BCUT2D eigenvalue weighted by Crippen LogP contribution is 2.39. The molecule has 1 atom stereocenters. The van der Waals surface area contributed by atoms with Crippen molar-refractivity contribution in [3.05, 3.63) is 0 Å². The van der Waals surface area contributed by atoms with E-state index in [1.54, 1.807) is 0 Å². The predicted octanol–water partition coefficient (Wildman–Crippen LogP) is 2.17. The fourth-order valence-electron chi connectivity index (χ4n) is 3.38. The van der Waals surface area contributed by atoms with E-state index >= 15 is 0 Å². The number of hydrogen-bond acceptors (Lipinski definition) is 2. The van der Waals surface area contributed by atoms with Gasteiger partial charge in [-0.25, -0.2) is 0 Å². The third-order valence-electron chi connectivity index (χ3n) is 4.54. The lowest BCUT2D eigenvalue weighted by molar-refractivity contribution is -0.143. The van der Waals surface area contributed by atoms with Gasteiger partial charge in [0.15, 0.2) is 0 Å². The normalized spacial score (nSPS) is 28.0. The molecule has 1 unspecified atom stereocenters. The number of nitrogens with zero attached hydrogens (tertiary/aromatic N) is 1. The first-order valence-electron chi connectivity index (χ1n) is 7.19. The highest BCUT2D eigenvalue weighted by Gasteiger charge is 2.40. The number of rotatable bonds is 3. The molecule has 1 N–H and O–H groups in total. The summed E-state index contributed by atoms with van der Waals surface area (Å²) in [5.41, 5.74) is -0.0620. The molecule has 0 bridgehead atoms. The fraction of sp³-hybridized carbons (Fsp3) is 0.929. The van der Waals surface area contributed by atoms with Gasteiger partial charge in [0.1, 0.15) is 0 Å². The SMILES string of the molecule is CCN(C(=O)C1(C)CCCC1)C1CCCNC1. The zero-order valence-corrected chi connectivity index (χ0v) is 11.3. The highest BCUT2D eigenvalue weighted by molar-refractivity contribution is 5.83. The molecule has 1 aliphatic carbocycles. The lowest BCUT2D eigenvalue weighted by Crippen LogP contribution is -2.52. The van der Waals surface area contributed by atoms with E-state index < -0.39 is 0 Å². The molecule has 0 radical (unpaired) electrons. The molecule has 1 heterocycles. The molecule has 98 valence electrons. The van der Waals surface area contributed by atoms with E-state index in [0.29, 0.717) is 11.9 Å². The highest BCUT2D eigenvalue weighted by atomic mass is 16.2. The van der Waals surface area contributed by atoms with Gasteiger partial charge in [-0.3, -0.25) is 4.79 Å². The second kappa shape index (κ2) is 5.38. The number of carbonyl (C=O) groups excluding carboxylic acids is 1. The molecule has 2 fully saturated rings. The molecule has 1 aliphatic heterocycles. The zero-order chi connectivity index (χ0) is 12.3. The van der Waals surface area contributed by atoms with Crippen LogP contribution in [0, 0.1) is 5.41 Å². The van der Waals surface area contributed by atoms with Gasteiger partial charge in [-0.2, -0.15) is 0 Å². The summed E-state index contributed by atoms with van der Waals surface area (Å²) in [6.07, 6.45) is 6.99. The Kier molecular flexibility index (Phi) is 4.08. The number of hydrogen-bond donors (Lipinski definition) is 1. The standard InChI is InChI=1S/C14H26N2O/c1-3-16(12-7-6-10-15-11-12)13(17)14(2)8-4-5-9-14/h12,15H,3-11H2,1-2H3. The van der Waals surface area contributed by atoms with Crippen LogP contribution >= 0.6 is 0 Å². The van der Waals surface area contributed by atoms with E-state index in [-0.39, 0.29) is 5.41 Å². The fourth-order valence-corrected chi connectivity index (χ4v) is 3.38. The molecule has 2 aliphatic rings. The predicted molar refractivity (Wildman–Crippen MR) is 69.9 cm³/mol. The quantitative estimate of drug-likeness (QED) is 0.817. The van der Waals surface area contributed by atoms with Crippen LogP contribution in [0.2, 0.25) is 0 Å². The Labute approximate surface area is 105 Å². The summed E-state index contributed by atoms with van der Waals surface area (Å²) in [5.74, 6) is 0.409. The minimum absolute atomic E-state index is 0.0620. The van der Waals surface area contributed by atoms with Crippen LogP contribution in [0.25, 0.3) is 0 Å². The summed E-state index contributed by atoms with van der Waals surface area (Å²) >= 11 is 0. The van der Waals surface area contributed by atoms with E-state index in [1.807, 2.05) is 0 Å². The van der Waals surface area contributed by atoms with E-state index in [0.717, 1.165) is 32.5 Å². The second-order valence-corrected chi connectivity index (χ2v) is 5.86. The van der Waals surface area contributed by atoms with Crippen molar-refractivity contribution in [2.24, 2.45) is 5.41 Å². The van der Waals surface area contributed by atoms with Gasteiger partial charge in [-0.05, 0) is 39.2 Å². The Morgan fingerprint density at radius 2 is 2.06 bits per heavy atom. The van der Waals surface area contributed by atoms with Gasteiger partial charge in [-0.1, -0.05) is 19.8 Å². The summed E-state index contributed by atoms with van der Waals surface area (Å²) < 4.78 is 0. The average molecular weight is 238 g/mol. The first kappa shape index (κ1) is 12.9. The van der Waals surface area contributed by atoms with Crippen molar-refractivity contribution in [1.82, 2.24) is 10.2 Å². The molecule has 1 saturated carbocycles. The first-order valence-corrected chi connectivity index (χ1v) is 7.19. The Hall–Kier alpha value is -0.570. The summed E-state index contributed by atoms with van der Waals surface area (Å²) in [6, 6.07) is 0.429. The van der Waals surface area contributed by atoms with Crippen LogP contribution in [-0.4, -0.2) is 36.5 Å². The molecule has 1 amide bonds. The lowest BCUT2D eigenvalue weighted by atomic mass is 9.86. The van der Waals surface area contributed by atoms with Gasteiger partial charge in [-0.15, -0.1) is 0 Å². The number of carbonyl (C=O) groups is 1. The molecular formula is C14H26N2O. The van der Waals surface area contributed by atoms with Crippen LogP contribution < -0.4 is 5.32 Å². The van der Waals surface area contributed by atoms with Crippen molar-refractivity contribution in [2.75, 3.05) is 19.6 Å². The van der Waals surface area contributed by atoms with Crippen molar-refractivity contribution < 1.29 is 4.79 Å². The van der Waals surface area contributed by atoms with Crippen molar-refractivity contribution in [3.8, 4) is 0 Å². The number of amides is 1. The molecule has 0 aromatic rings. The van der Waals surface area contributed by atoms with Crippen molar-refractivity contribution in [1.29, 1.82) is 0 Å². The van der Waals surface area contributed by atoms with Gasteiger partial charge in [0.25, 0.3) is 0 Å². The average Bonchev–Trinajstić information content (AvgIpc) is 2.80. The Morgan fingerprint density at radius 1 is 1.35 bits per heavy atom. The first-order chi connectivity index (χ1) is 8.17. The maximum Gasteiger partial charge on any atom is 0.228 e. The van der Waals surface area contributed by atoms with E-state index in [4.69, 9.17) is 0 Å². The number of piperidine rings is 1. The van der Waals surface area contributed by atoms with Crippen LogP contribution in [0.3, 0.4) is 0 Å². The van der Waals surface area contributed by atoms with Crippen LogP contribution in [0.15, 0.2) is 0 Å². The molecule has 0 spiro atoms. The van der Waals surface area contributed by atoms with Gasteiger partial charge in [0.2, 0.25) is 5.91 Å². The molecule has 0 aromatic heterocycles. The largest absolute Gasteiger partial charge is 0.338 e. The van der Waals surface area contributed by atoms with Gasteiger partial charge < -0.3 is 10.2 Å². The molecule has 0 aromatic carbocycles. The molecule has 3 heteroatoms. The maximum absolute atomic E-state index is 12.7. The lowest BCUT2D eigenvalue weighted by Gasteiger charge is -2.38. The number of likely N-dealkylation sites (N-methyl/N-ethyl adjacent to an activating group) is 1. The molecular weight excluding hydrogens is 212 g/mol. The van der Waals surface area contributed by atoms with E-state index in [1.165, 1.54) is 25.7 Å². The molecule has 2 rings (SSSR count). The van der Waals surface area contributed by atoms with Crippen LogP contribution in [0.1, 0.15) is 52.4 Å². The summed E-state index contributed by atoms with van der Waals surface area (Å²) in [4.78, 5) is 14.8. The Morgan fingerprint density at radius 3 is 2.59 bits per heavy atom. The molecule has 17 heavy (non-hydrogen) atoms. The van der Waals surface area contributed by atoms with Crippen molar-refractivity contribution in [2.45, 2.75) is 58.4 Å². The van der Waals surface area contributed by atoms with E-state index in [9.17, 15) is 4.79 Å². The van der Waals surface area contributed by atoms with Gasteiger partial charge >= 0.3 is 0 Å². The summed E-state index contributed by atoms with van der Waals surface area (Å²) in [5, 5.41) is 3.41. The maximum atomic E-state index is 12.7. The second-order valence-electron chi connectivity index (χ2n) is 5.86. The van der Waals surface area contributed by atoms with E-state index in [2.05, 4.69) is 24.1 Å². The minimum atomic E-state index is -0.0620. The van der Waals surface area contributed by atoms with Crippen LogP contribution in [0.5, 0.6) is 0 Å². The molecule has 3 nitrogen and oxygen atoms in total. The van der Waals surface area contributed by atoms with Crippen molar-refractivity contribution >= 4 is 5.91 Å². The minimum Gasteiger partial charge on any atom is -0.338 e. The van der Waals surface area contributed by atoms with Crippen LogP contribution in [0.4, 0.5) is 0 Å². The zero-order valence-electron chi connectivity index (χ0n) is 11.3. The molecule has 1 saturated heterocycles. The Bertz CT molecular complexity index is 265. The number of nitrogens with one attached hydrogen (secondary N) is 1. The van der Waals surface area contributed by atoms with Gasteiger partial charge in [0.05, 0.1) is 0 Å². The Balaban J connectivity index is 2.03. The smallest absolute Gasteiger partial charge is 0.228 e. The third kappa shape index (κ3) is 2.65. The monoisotopic (exact) mass is 238 g/mol. The summed E-state index contributed by atoms with van der Waals surface area (Å²) in [7, 11) is 0. The third-order valence-corrected chi connectivity index (χ3v) is 4.54. The topological polar surface area (TPSA) is 32.3 Å². The summed E-state index contributed by atoms with van der Waals surface area (Å²) in [6.45, 7) is 7.24.